The second-order valence-electron chi connectivity index (χ2n) is 7.56. The molecule has 0 bridgehead atoms. The van der Waals surface area contributed by atoms with E-state index in [1.165, 1.54) is 0 Å². The van der Waals surface area contributed by atoms with Crippen LogP contribution < -0.4 is 5.32 Å². The van der Waals surface area contributed by atoms with Crippen molar-refractivity contribution in [3.63, 3.8) is 0 Å². The summed E-state index contributed by atoms with van der Waals surface area (Å²) < 4.78 is 0. The Balaban J connectivity index is 2.24. The van der Waals surface area contributed by atoms with Crippen LogP contribution in [0, 0.1) is 11.3 Å². The maximum absolute atomic E-state index is 12.7. The van der Waals surface area contributed by atoms with E-state index in [1.54, 1.807) is 0 Å². The number of nitrogens with one attached hydrogen (secondary N) is 1. The van der Waals surface area contributed by atoms with Crippen molar-refractivity contribution in [1.82, 2.24) is 0 Å². The van der Waals surface area contributed by atoms with Gasteiger partial charge in [0.05, 0.1) is 11.5 Å². The highest BCUT2D eigenvalue weighted by Crippen LogP contribution is 2.27. The van der Waals surface area contributed by atoms with Gasteiger partial charge >= 0.3 is 0 Å². The van der Waals surface area contributed by atoms with Crippen LogP contribution in [0.2, 0.25) is 0 Å². The molecule has 0 aromatic heterocycles. The van der Waals surface area contributed by atoms with Crippen molar-refractivity contribution in [3.05, 3.63) is 65.2 Å². The zero-order valence-corrected chi connectivity index (χ0v) is 15.0. The number of carbonyl (C=O) groups is 1. The lowest BCUT2D eigenvalue weighted by Crippen LogP contribution is -2.21. The minimum atomic E-state index is -0.540. The Bertz CT molecular complexity index is 775. The first-order valence-corrected chi connectivity index (χ1v) is 8.08. The number of nitrogens with zero attached hydrogens (tertiary/aromatic N) is 1. The van der Waals surface area contributed by atoms with Crippen molar-refractivity contribution in [3.8, 4) is 6.07 Å². The van der Waals surface area contributed by atoms with E-state index >= 15 is 0 Å². The first-order valence-electron chi connectivity index (χ1n) is 8.08. The van der Waals surface area contributed by atoms with Crippen LogP contribution in [-0.4, -0.2) is 5.91 Å². The second-order valence-corrected chi connectivity index (χ2v) is 7.56. The SMILES string of the molecule is CC(C)(C)c1ccccc1C(=O)Nc1ccc(C(C)(C)C#N)cc1. The number of carbonyl (C=O) groups excluding carboxylic acids is 1. The summed E-state index contributed by atoms with van der Waals surface area (Å²) in [6, 6.07) is 17.4. The minimum absolute atomic E-state index is 0.103. The van der Waals surface area contributed by atoms with Crippen LogP contribution in [0.25, 0.3) is 0 Å². The van der Waals surface area contributed by atoms with Crippen molar-refractivity contribution >= 4 is 11.6 Å². The summed E-state index contributed by atoms with van der Waals surface area (Å²) >= 11 is 0. The molecule has 2 aromatic rings. The van der Waals surface area contributed by atoms with Crippen molar-refractivity contribution in [2.45, 2.75) is 45.4 Å². The molecule has 0 heterocycles. The monoisotopic (exact) mass is 320 g/mol. The summed E-state index contributed by atoms with van der Waals surface area (Å²) in [7, 11) is 0. The minimum Gasteiger partial charge on any atom is -0.322 e. The van der Waals surface area contributed by atoms with Gasteiger partial charge in [0.25, 0.3) is 5.91 Å². The number of anilines is 1. The van der Waals surface area contributed by atoms with Gasteiger partial charge in [-0.05, 0) is 48.6 Å². The number of rotatable bonds is 3. The number of benzene rings is 2. The summed E-state index contributed by atoms with van der Waals surface area (Å²) in [5.74, 6) is -0.118. The molecule has 0 radical (unpaired) electrons. The Morgan fingerprint density at radius 2 is 1.54 bits per heavy atom. The van der Waals surface area contributed by atoms with Crippen LogP contribution in [0.5, 0.6) is 0 Å². The van der Waals surface area contributed by atoms with Crippen LogP contribution in [-0.2, 0) is 10.8 Å². The van der Waals surface area contributed by atoms with Crippen LogP contribution in [0.1, 0.15) is 56.1 Å². The van der Waals surface area contributed by atoms with Crippen LogP contribution in [0.3, 0.4) is 0 Å². The largest absolute Gasteiger partial charge is 0.322 e. The Morgan fingerprint density at radius 3 is 2.08 bits per heavy atom. The lowest BCUT2D eigenvalue weighted by Gasteiger charge is -2.22. The van der Waals surface area contributed by atoms with Gasteiger partial charge in [-0.15, -0.1) is 0 Å². The number of nitriles is 1. The molecule has 0 spiro atoms. The molecule has 0 unspecified atom stereocenters. The Kier molecular flexibility index (Phi) is 4.80. The van der Waals surface area contributed by atoms with E-state index in [2.05, 4.69) is 32.2 Å². The topological polar surface area (TPSA) is 52.9 Å². The first-order chi connectivity index (χ1) is 11.1. The van der Waals surface area contributed by atoms with E-state index in [-0.39, 0.29) is 11.3 Å². The molecule has 2 aromatic carbocycles. The molecule has 0 aliphatic carbocycles. The maximum Gasteiger partial charge on any atom is 0.255 e. The van der Waals surface area contributed by atoms with Gasteiger partial charge in [0.2, 0.25) is 0 Å². The highest BCUT2D eigenvalue weighted by Gasteiger charge is 2.22. The smallest absolute Gasteiger partial charge is 0.255 e. The summed E-state index contributed by atoms with van der Waals surface area (Å²) in [4.78, 5) is 12.7. The molecule has 24 heavy (non-hydrogen) atoms. The number of hydrogen-bond donors (Lipinski definition) is 1. The fourth-order valence-corrected chi connectivity index (χ4v) is 2.57. The average molecular weight is 320 g/mol. The lowest BCUT2D eigenvalue weighted by atomic mass is 9.83. The van der Waals surface area contributed by atoms with Crippen molar-refractivity contribution in [2.24, 2.45) is 0 Å². The molecule has 0 aliphatic heterocycles. The fraction of sp³-hybridized carbons (Fsp3) is 0.333. The molecule has 124 valence electrons. The van der Waals surface area contributed by atoms with E-state index in [1.807, 2.05) is 62.4 Å². The van der Waals surface area contributed by atoms with Gasteiger partial charge < -0.3 is 5.32 Å². The zero-order valence-electron chi connectivity index (χ0n) is 15.0. The molecule has 0 saturated heterocycles. The van der Waals surface area contributed by atoms with Crippen LogP contribution in [0.4, 0.5) is 5.69 Å². The molecule has 0 atom stereocenters. The molecule has 1 N–H and O–H groups in total. The molecule has 0 fully saturated rings. The zero-order chi connectivity index (χ0) is 18.0. The number of hydrogen-bond acceptors (Lipinski definition) is 2. The van der Waals surface area contributed by atoms with Crippen LogP contribution in [0.15, 0.2) is 48.5 Å². The summed E-state index contributed by atoms with van der Waals surface area (Å²) in [5, 5.41) is 12.1. The quantitative estimate of drug-likeness (QED) is 0.861. The van der Waals surface area contributed by atoms with Crippen molar-refractivity contribution in [2.75, 3.05) is 5.32 Å². The normalized spacial score (nSPS) is 11.7. The maximum atomic E-state index is 12.7. The average Bonchev–Trinajstić information content (AvgIpc) is 2.54. The molecule has 3 heteroatoms. The number of amides is 1. The molecule has 0 aliphatic rings. The summed E-state index contributed by atoms with van der Waals surface area (Å²) in [6.07, 6.45) is 0. The molecule has 2 rings (SSSR count). The first kappa shape index (κ1) is 17.7. The predicted molar refractivity (Wildman–Crippen MR) is 98.2 cm³/mol. The van der Waals surface area contributed by atoms with Gasteiger partial charge in [0.1, 0.15) is 0 Å². The molecular formula is C21H24N2O. The van der Waals surface area contributed by atoms with E-state index in [4.69, 9.17) is 0 Å². The summed E-state index contributed by atoms with van der Waals surface area (Å²) in [5.41, 5.74) is 2.71. The predicted octanol–water partition coefficient (Wildman–Crippen LogP) is 5.04. The molecule has 1 amide bonds. The van der Waals surface area contributed by atoms with E-state index in [0.29, 0.717) is 5.56 Å². The Labute approximate surface area is 144 Å². The third-order valence-electron chi connectivity index (χ3n) is 4.12. The molecular weight excluding hydrogens is 296 g/mol. The summed E-state index contributed by atoms with van der Waals surface area (Å²) in [6.45, 7) is 10.0. The van der Waals surface area contributed by atoms with Crippen molar-refractivity contribution < 1.29 is 4.79 Å². The molecule has 3 nitrogen and oxygen atoms in total. The highest BCUT2D eigenvalue weighted by atomic mass is 16.1. The van der Waals surface area contributed by atoms with Gasteiger partial charge in [-0.3, -0.25) is 4.79 Å². The van der Waals surface area contributed by atoms with Crippen molar-refractivity contribution in [1.29, 1.82) is 5.26 Å². The van der Waals surface area contributed by atoms with Gasteiger partial charge in [-0.25, -0.2) is 0 Å². The molecule has 0 saturated carbocycles. The van der Waals surface area contributed by atoms with E-state index in [0.717, 1.165) is 16.8 Å². The highest BCUT2D eigenvalue weighted by molar-refractivity contribution is 6.05. The second kappa shape index (κ2) is 6.49. The van der Waals surface area contributed by atoms with E-state index < -0.39 is 5.41 Å². The van der Waals surface area contributed by atoms with E-state index in [9.17, 15) is 10.1 Å². The van der Waals surface area contributed by atoms with Gasteiger partial charge in [0, 0.05) is 11.3 Å². The fourth-order valence-electron chi connectivity index (χ4n) is 2.57. The third kappa shape index (κ3) is 3.83. The van der Waals surface area contributed by atoms with Gasteiger partial charge in [-0.1, -0.05) is 51.1 Å². The lowest BCUT2D eigenvalue weighted by molar-refractivity contribution is 0.102. The van der Waals surface area contributed by atoms with Crippen LogP contribution >= 0.6 is 0 Å². The Morgan fingerprint density at radius 1 is 0.958 bits per heavy atom. The van der Waals surface area contributed by atoms with Gasteiger partial charge in [0.15, 0.2) is 0 Å². The third-order valence-corrected chi connectivity index (χ3v) is 4.12. The standard InChI is InChI=1S/C21H24N2O/c1-20(2,3)18-9-7-6-8-17(18)19(24)23-16-12-10-15(11-13-16)21(4,5)14-22/h6-13H,1-5H3,(H,23,24). The van der Waals surface area contributed by atoms with Gasteiger partial charge in [-0.2, -0.15) is 5.26 Å². The Hall–Kier alpha value is -2.60.